The second-order valence-electron chi connectivity index (χ2n) is 8.33. The van der Waals surface area contributed by atoms with Gasteiger partial charge in [-0.3, -0.25) is 0 Å². The molecular formula is C21H31NO5. The third kappa shape index (κ3) is 10.4. The fourth-order valence-electron chi connectivity index (χ4n) is 2.23. The molecule has 0 fully saturated rings. The van der Waals surface area contributed by atoms with Gasteiger partial charge in [-0.1, -0.05) is 30.3 Å². The van der Waals surface area contributed by atoms with Gasteiger partial charge in [-0.25, -0.2) is 9.59 Å². The predicted molar refractivity (Wildman–Crippen MR) is 104 cm³/mol. The molecule has 150 valence electrons. The highest BCUT2D eigenvalue weighted by Crippen LogP contribution is 2.12. The molecule has 1 aromatic carbocycles. The van der Waals surface area contributed by atoms with Gasteiger partial charge >= 0.3 is 12.1 Å². The molecule has 0 aliphatic rings. The van der Waals surface area contributed by atoms with Gasteiger partial charge in [0.25, 0.3) is 0 Å². The normalized spacial score (nSPS) is 14.5. The van der Waals surface area contributed by atoms with Crippen molar-refractivity contribution in [3.05, 3.63) is 48.0 Å². The Morgan fingerprint density at radius 3 is 2.11 bits per heavy atom. The summed E-state index contributed by atoms with van der Waals surface area (Å²) in [6.07, 6.45) is 1.14. The van der Waals surface area contributed by atoms with Crippen LogP contribution in [0.15, 0.2) is 42.5 Å². The molecule has 0 aliphatic heterocycles. The molecule has 2 atom stereocenters. The second kappa shape index (κ2) is 9.55. The standard InChI is InChI=1S/C21H31NO5/c1-20(2,3)26-18(24)13-12-17(23)16(14-15-10-8-7-9-11-15)22-19(25)27-21(4,5)6/h7-13,16-17,23H,14H2,1-6H3,(H,22,25)/b13-12+/t16-,17+/m0/s1. The molecule has 1 amide bonds. The summed E-state index contributed by atoms with van der Waals surface area (Å²) in [6.45, 7) is 10.6. The number of rotatable bonds is 6. The van der Waals surface area contributed by atoms with E-state index in [9.17, 15) is 14.7 Å². The van der Waals surface area contributed by atoms with Gasteiger partial charge in [-0.15, -0.1) is 0 Å². The molecule has 27 heavy (non-hydrogen) atoms. The molecule has 0 unspecified atom stereocenters. The Morgan fingerprint density at radius 2 is 1.59 bits per heavy atom. The average Bonchev–Trinajstić information content (AvgIpc) is 2.49. The molecule has 0 spiro atoms. The van der Waals surface area contributed by atoms with Gasteiger partial charge in [-0.05, 0) is 59.6 Å². The molecule has 6 nitrogen and oxygen atoms in total. The van der Waals surface area contributed by atoms with Crippen molar-refractivity contribution in [2.24, 2.45) is 0 Å². The van der Waals surface area contributed by atoms with Crippen molar-refractivity contribution in [2.45, 2.75) is 71.3 Å². The minimum absolute atomic E-state index is 0.375. The summed E-state index contributed by atoms with van der Waals surface area (Å²) in [5.41, 5.74) is -0.341. The minimum Gasteiger partial charge on any atom is -0.457 e. The van der Waals surface area contributed by atoms with Crippen molar-refractivity contribution in [2.75, 3.05) is 0 Å². The van der Waals surface area contributed by atoms with Crippen LogP contribution in [0.2, 0.25) is 0 Å². The van der Waals surface area contributed by atoms with E-state index >= 15 is 0 Å². The van der Waals surface area contributed by atoms with Crippen molar-refractivity contribution < 1.29 is 24.2 Å². The van der Waals surface area contributed by atoms with E-state index < -0.39 is 35.4 Å². The maximum Gasteiger partial charge on any atom is 0.407 e. The van der Waals surface area contributed by atoms with E-state index in [1.54, 1.807) is 41.5 Å². The summed E-state index contributed by atoms with van der Waals surface area (Å²) in [5, 5.41) is 13.2. The number of esters is 1. The molecule has 0 aliphatic carbocycles. The van der Waals surface area contributed by atoms with Crippen LogP contribution in [-0.2, 0) is 20.7 Å². The zero-order chi connectivity index (χ0) is 20.7. The van der Waals surface area contributed by atoms with E-state index in [1.807, 2.05) is 30.3 Å². The molecule has 0 aromatic heterocycles. The molecule has 0 saturated heterocycles. The Labute approximate surface area is 161 Å². The number of hydrogen-bond acceptors (Lipinski definition) is 5. The van der Waals surface area contributed by atoms with Gasteiger partial charge in [0.05, 0.1) is 12.1 Å². The van der Waals surface area contributed by atoms with Crippen LogP contribution in [0.25, 0.3) is 0 Å². The summed E-state index contributed by atoms with van der Waals surface area (Å²) < 4.78 is 10.5. The third-order valence-electron chi connectivity index (χ3n) is 3.25. The smallest absolute Gasteiger partial charge is 0.407 e. The SMILES string of the molecule is CC(C)(C)OC(=O)/C=C/[C@@H](O)[C@H](Cc1ccccc1)NC(=O)OC(C)(C)C. The molecule has 0 saturated carbocycles. The topological polar surface area (TPSA) is 84.9 Å². The lowest BCUT2D eigenvalue weighted by molar-refractivity contribution is -0.148. The monoisotopic (exact) mass is 377 g/mol. The lowest BCUT2D eigenvalue weighted by Crippen LogP contribution is -2.46. The highest BCUT2D eigenvalue weighted by Gasteiger charge is 2.24. The fourth-order valence-corrected chi connectivity index (χ4v) is 2.23. The van der Waals surface area contributed by atoms with Gasteiger partial charge < -0.3 is 19.9 Å². The van der Waals surface area contributed by atoms with E-state index in [0.29, 0.717) is 6.42 Å². The van der Waals surface area contributed by atoms with Crippen molar-refractivity contribution >= 4 is 12.1 Å². The maximum atomic E-state index is 12.1. The first-order chi connectivity index (χ1) is 12.4. The number of ether oxygens (including phenoxy) is 2. The number of carbonyl (C=O) groups excluding carboxylic acids is 2. The van der Waals surface area contributed by atoms with Crippen molar-refractivity contribution in [3.63, 3.8) is 0 Å². The first-order valence-corrected chi connectivity index (χ1v) is 8.98. The van der Waals surface area contributed by atoms with Crippen molar-refractivity contribution in [1.82, 2.24) is 5.32 Å². The first kappa shape index (κ1) is 22.7. The summed E-state index contributed by atoms with van der Waals surface area (Å²) in [6, 6.07) is 8.77. The summed E-state index contributed by atoms with van der Waals surface area (Å²) in [4.78, 5) is 24.0. The van der Waals surface area contributed by atoms with Gasteiger partial charge in [-0.2, -0.15) is 0 Å². The van der Waals surface area contributed by atoms with Gasteiger partial charge in [0.15, 0.2) is 0 Å². The van der Waals surface area contributed by atoms with E-state index in [0.717, 1.165) is 5.56 Å². The zero-order valence-corrected chi connectivity index (χ0v) is 17.0. The minimum atomic E-state index is -1.09. The van der Waals surface area contributed by atoms with Crippen LogP contribution in [0.5, 0.6) is 0 Å². The number of carbonyl (C=O) groups is 2. The Balaban J connectivity index is 2.85. The number of amides is 1. The first-order valence-electron chi connectivity index (χ1n) is 8.98. The Morgan fingerprint density at radius 1 is 1.04 bits per heavy atom. The molecule has 2 N–H and O–H groups in total. The largest absolute Gasteiger partial charge is 0.457 e. The number of aliphatic hydroxyl groups excluding tert-OH is 1. The lowest BCUT2D eigenvalue weighted by atomic mass is 10.0. The number of aliphatic hydroxyl groups is 1. The molecule has 0 bridgehead atoms. The molecule has 1 rings (SSSR count). The molecular weight excluding hydrogens is 346 g/mol. The Bertz CT molecular complexity index is 641. The van der Waals surface area contributed by atoms with Crippen LogP contribution in [0.1, 0.15) is 47.1 Å². The number of benzene rings is 1. The second-order valence-corrected chi connectivity index (χ2v) is 8.33. The van der Waals surface area contributed by atoms with E-state index in [1.165, 1.54) is 12.2 Å². The van der Waals surface area contributed by atoms with E-state index in [2.05, 4.69) is 5.32 Å². The lowest BCUT2D eigenvalue weighted by Gasteiger charge is -2.25. The van der Waals surface area contributed by atoms with E-state index in [4.69, 9.17) is 9.47 Å². The number of nitrogens with one attached hydrogen (secondary N) is 1. The van der Waals surface area contributed by atoms with Crippen LogP contribution in [-0.4, -0.2) is 40.5 Å². The molecule has 6 heteroatoms. The highest BCUT2D eigenvalue weighted by molar-refractivity contribution is 5.82. The van der Waals surface area contributed by atoms with Gasteiger partial charge in [0.1, 0.15) is 11.2 Å². The summed E-state index contributed by atoms with van der Waals surface area (Å²) in [7, 11) is 0. The van der Waals surface area contributed by atoms with Gasteiger partial charge in [0, 0.05) is 6.08 Å². The summed E-state index contributed by atoms with van der Waals surface area (Å²) in [5.74, 6) is -0.558. The number of hydrogen-bond donors (Lipinski definition) is 2. The van der Waals surface area contributed by atoms with Crippen LogP contribution >= 0.6 is 0 Å². The van der Waals surface area contributed by atoms with Crippen molar-refractivity contribution in [3.8, 4) is 0 Å². The predicted octanol–water partition coefficient (Wildman–Crippen LogP) is 3.38. The quantitative estimate of drug-likeness (QED) is 0.586. The Kier molecular flexibility index (Phi) is 8.03. The van der Waals surface area contributed by atoms with Crippen LogP contribution < -0.4 is 5.32 Å². The average molecular weight is 377 g/mol. The molecule has 0 heterocycles. The fraction of sp³-hybridized carbons (Fsp3) is 0.524. The van der Waals surface area contributed by atoms with Gasteiger partial charge in [0.2, 0.25) is 0 Å². The van der Waals surface area contributed by atoms with Crippen LogP contribution in [0.4, 0.5) is 4.79 Å². The zero-order valence-electron chi connectivity index (χ0n) is 17.0. The third-order valence-corrected chi connectivity index (χ3v) is 3.25. The number of alkyl carbamates (subject to hydrolysis) is 1. The molecule has 1 aromatic rings. The summed E-state index contributed by atoms with van der Waals surface area (Å²) >= 11 is 0. The van der Waals surface area contributed by atoms with E-state index in [-0.39, 0.29) is 0 Å². The maximum absolute atomic E-state index is 12.1. The van der Waals surface area contributed by atoms with Crippen molar-refractivity contribution in [1.29, 1.82) is 0 Å². The van der Waals surface area contributed by atoms with Crippen LogP contribution in [0, 0.1) is 0 Å². The Hall–Kier alpha value is -2.34. The molecule has 0 radical (unpaired) electrons. The van der Waals surface area contributed by atoms with Crippen LogP contribution in [0.3, 0.4) is 0 Å². The highest BCUT2D eigenvalue weighted by atomic mass is 16.6.